The second-order valence-corrected chi connectivity index (χ2v) is 6.01. The highest BCUT2D eigenvalue weighted by Gasteiger charge is 2.27. The van der Waals surface area contributed by atoms with Crippen molar-refractivity contribution in [2.45, 2.75) is 65.7 Å². The maximum atomic E-state index is 10.9. The van der Waals surface area contributed by atoms with Gasteiger partial charge in [-0.05, 0) is 31.8 Å². The molecule has 0 radical (unpaired) electrons. The van der Waals surface area contributed by atoms with Crippen LogP contribution in [0.25, 0.3) is 0 Å². The van der Waals surface area contributed by atoms with Crippen molar-refractivity contribution in [1.29, 1.82) is 0 Å². The van der Waals surface area contributed by atoms with Crippen LogP contribution in [0.15, 0.2) is 11.8 Å². The summed E-state index contributed by atoms with van der Waals surface area (Å²) in [6.45, 7) is 9.42. The van der Waals surface area contributed by atoms with Crippen LogP contribution in [0.5, 0.6) is 0 Å². The number of aliphatic carboxylic acids is 1. The van der Waals surface area contributed by atoms with Crippen LogP contribution < -0.4 is 0 Å². The Morgan fingerprint density at radius 3 is 2.05 bits per heavy atom. The molecule has 0 atom stereocenters. The lowest BCUT2D eigenvalue weighted by Crippen LogP contribution is -2.51. The Hall–Kier alpha value is -1.03. The summed E-state index contributed by atoms with van der Waals surface area (Å²) in [6.07, 6.45) is 8.49. The maximum Gasteiger partial charge on any atom is 0.309 e. The van der Waals surface area contributed by atoms with Crippen LogP contribution >= 0.6 is 0 Å². The van der Waals surface area contributed by atoms with E-state index < -0.39 is 5.97 Å². The van der Waals surface area contributed by atoms with Gasteiger partial charge in [-0.25, -0.2) is 0 Å². The molecule has 21 heavy (non-hydrogen) atoms. The van der Waals surface area contributed by atoms with E-state index in [0.29, 0.717) is 23.3 Å². The SMILES string of the molecule is CCCCC/C=C(\O)C[N+](CCC)(CCC)CCC(=O)O. The molecule has 0 bridgehead atoms. The molecular formula is C17H34NO3+. The summed E-state index contributed by atoms with van der Waals surface area (Å²) >= 11 is 0. The van der Waals surface area contributed by atoms with E-state index in [1.807, 2.05) is 6.08 Å². The third-order valence-electron chi connectivity index (χ3n) is 3.88. The van der Waals surface area contributed by atoms with Crippen molar-refractivity contribution in [3.05, 3.63) is 11.8 Å². The Morgan fingerprint density at radius 1 is 0.952 bits per heavy atom. The van der Waals surface area contributed by atoms with Crippen LogP contribution in [0, 0.1) is 0 Å². The summed E-state index contributed by atoms with van der Waals surface area (Å²) in [7, 11) is 0. The van der Waals surface area contributed by atoms with Crippen LogP contribution in [0.1, 0.15) is 65.7 Å². The van der Waals surface area contributed by atoms with Crippen molar-refractivity contribution >= 4 is 5.97 Å². The molecule has 0 unspecified atom stereocenters. The van der Waals surface area contributed by atoms with Crippen LogP contribution in [0.3, 0.4) is 0 Å². The van der Waals surface area contributed by atoms with Gasteiger partial charge in [0.25, 0.3) is 0 Å². The average molecular weight is 300 g/mol. The first-order valence-corrected chi connectivity index (χ1v) is 8.44. The molecule has 0 saturated carbocycles. The van der Waals surface area contributed by atoms with Crippen LogP contribution in [0.4, 0.5) is 0 Å². The average Bonchev–Trinajstić information content (AvgIpc) is 2.42. The monoisotopic (exact) mass is 300 g/mol. The molecule has 124 valence electrons. The second kappa shape index (κ2) is 11.6. The quantitative estimate of drug-likeness (QED) is 0.305. The van der Waals surface area contributed by atoms with Crippen molar-refractivity contribution in [2.75, 3.05) is 26.2 Å². The molecule has 0 heterocycles. The topological polar surface area (TPSA) is 57.5 Å². The van der Waals surface area contributed by atoms with Gasteiger partial charge in [0.2, 0.25) is 0 Å². The number of unbranched alkanes of at least 4 members (excludes halogenated alkanes) is 3. The molecule has 0 saturated heterocycles. The molecule has 0 fully saturated rings. The molecule has 0 aliphatic carbocycles. The van der Waals surface area contributed by atoms with Crippen LogP contribution in [-0.2, 0) is 4.79 Å². The highest BCUT2D eigenvalue weighted by Crippen LogP contribution is 2.15. The Bertz CT molecular complexity index is 307. The minimum Gasteiger partial charge on any atom is -0.507 e. The fourth-order valence-corrected chi connectivity index (χ4v) is 2.93. The smallest absolute Gasteiger partial charge is 0.309 e. The van der Waals surface area contributed by atoms with E-state index in [9.17, 15) is 9.90 Å². The fourth-order valence-electron chi connectivity index (χ4n) is 2.93. The number of allylic oxidation sites excluding steroid dienone is 1. The summed E-state index contributed by atoms with van der Waals surface area (Å²) < 4.78 is 0.690. The van der Waals surface area contributed by atoms with Gasteiger partial charge in [0.05, 0.1) is 26.1 Å². The van der Waals surface area contributed by atoms with Gasteiger partial charge in [-0.1, -0.05) is 33.6 Å². The largest absolute Gasteiger partial charge is 0.507 e. The van der Waals surface area contributed by atoms with Crippen molar-refractivity contribution < 1.29 is 19.5 Å². The van der Waals surface area contributed by atoms with Gasteiger partial charge < -0.3 is 14.7 Å². The zero-order chi connectivity index (χ0) is 16.1. The molecule has 0 spiro atoms. The van der Waals surface area contributed by atoms with Gasteiger partial charge in [-0.3, -0.25) is 4.79 Å². The van der Waals surface area contributed by atoms with E-state index in [1.165, 1.54) is 12.8 Å². The zero-order valence-electron chi connectivity index (χ0n) is 14.1. The van der Waals surface area contributed by atoms with Crippen molar-refractivity contribution in [1.82, 2.24) is 0 Å². The third kappa shape index (κ3) is 9.51. The fraction of sp³-hybridized carbons (Fsp3) is 0.824. The Labute approximate surface area is 130 Å². The molecule has 0 aromatic heterocycles. The van der Waals surface area contributed by atoms with E-state index in [4.69, 9.17) is 5.11 Å². The number of rotatable bonds is 13. The summed E-state index contributed by atoms with van der Waals surface area (Å²) in [4.78, 5) is 10.9. The molecular weight excluding hydrogens is 266 g/mol. The Balaban J connectivity index is 4.71. The molecule has 0 aromatic rings. The van der Waals surface area contributed by atoms with E-state index in [1.54, 1.807) is 0 Å². The molecule has 0 amide bonds. The molecule has 4 heteroatoms. The molecule has 0 rings (SSSR count). The van der Waals surface area contributed by atoms with E-state index in [-0.39, 0.29) is 6.42 Å². The van der Waals surface area contributed by atoms with Crippen molar-refractivity contribution in [3.63, 3.8) is 0 Å². The van der Waals surface area contributed by atoms with Crippen LogP contribution in [-0.4, -0.2) is 46.8 Å². The standard InChI is InChI=1S/C17H33NO3/c1-4-7-8-9-10-16(19)15-18(12-5-2,13-6-3)14-11-17(20)21/h10H,4-9,11-15H2,1-3H3,(H-,19,20,21)/p+1/b16-10-. The number of carbonyl (C=O) groups is 1. The Kier molecular flexibility index (Phi) is 11.0. The summed E-state index contributed by atoms with van der Waals surface area (Å²) in [6, 6.07) is 0. The van der Waals surface area contributed by atoms with Gasteiger partial charge in [-0.2, -0.15) is 0 Å². The number of aliphatic hydroxyl groups excluding tert-OH is 1. The van der Waals surface area contributed by atoms with E-state index in [2.05, 4.69) is 20.8 Å². The predicted molar refractivity (Wildman–Crippen MR) is 87.4 cm³/mol. The highest BCUT2D eigenvalue weighted by molar-refractivity contribution is 5.66. The van der Waals surface area contributed by atoms with Gasteiger partial charge in [0.15, 0.2) is 0 Å². The molecule has 0 aliphatic rings. The first-order valence-electron chi connectivity index (χ1n) is 8.44. The molecule has 2 N–H and O–H groups in total. The lowest BCUT2D eigenvalue weighted by Gasteiger charge is -2.38. The number of nitrogens with zero attached hydrogens (tertiary/aromatic N) is 1. The lowest BCUT2D eigenvalue weighted by atomic mass is 10.1. The minimum atomic E-state index is -0.754. The number of quaternary nitrogens is 1. The zero-order valence-corrected chi connectivity index (χ0v) is 14.1. The first kappa shape index (κ1) is 20.0. The Morgan fingerprint density at radius 2 is 1.57 bits per heavy atom. The van der Waals surface area contributed by atoms with Crippen molar-refractivity contribution in [3.8, 4) is 0 Å². The number of hydrogen-bond acceptors (Lipinski definition) is 2. The molecule has 4 nitrogen and oxygen atoms in total. The molecule has 0 aromatic carbocycles. The first-order chi connectivity index (χ1) is 9.99. The molecule has 0 aliphatic heterocycles. The number of carboxylic acids is 1. The summed E-state index contributed by atoms with van der Waals surface area (Å²) in [5.41, 5.74) is 0. The second-order valence-electron chi connectivity index (χ2n) is 6.01. The normalized spacial score (nSPS) is 12.6. The predicted octanol–water partition coefficient (Wildman–Crippen LogP) is 4.12. The third-order valence-corrected chi connectivity index (χ3v) is 3.88. The lowest BCUT2D eigenvalue weighted by molar-refractivity contribution is -0.924. The number of hydrogen-bond donors (Lipinski definition) is 2. The number of aliphatic hydroxyl groups is 1. The van der Waals surface area contributed by atoms with Gasteiger partial charge in [0.1, 0.15) is 12.3 Å². The number of carboxylic acid groups (broad SMARTS) is 1. The van der Waals surface area contributed by atoms with E-state index in [0.717, 1.165) is 38.8 Å². The van der Waals surface area contributed by atoms with Gasteiger partial charge >= 0.3 is 5.97 Å². The maximum absolute atomic E-state index is 10.9. The summed E-state index contributed by atoms with van der Waals surface area (Å²) in [5, 5.41) is 19.2. The van der Waals surface area contributed by atoms with Crippen molar-refractivity contribution in [2.24, 2.45) is 0 Å². The van der Waals surface area contributed by atoms with Gasteiger partial charge in [0, 0.05) is 0 Å². The van der Waals surface area contributed by atoms with Gasteiger partial charge in [-0.15, -0.1) is 0 Å². The highest BCUT2D eigenvalue weighted by atomic mass is 16.4. The van der Waals surface area contributed by atoms with Crippen LogP contribution in [0.2, 0.25) is 0 Å². The summed E-state index contributed by atoms with van der Waals surface area (Å²) in [5.74, 6) is -0.325. The minimum absolute atomic E-state index is 0.170. The van der Waals surface area contributed by atoms with E-state index >= 15 is 0 Å².